The van der Waals surface area contributed by atoms with E-state index in [9.17, 15) is 14.4 Å². The number of hydrogen-bond acceptors (Lipinski definition) is 6. The van der Waals surface area contributed by atoms with Crippen LogP contribution in [0.25, 0.3) is 0 Å². The quantitative estimate of drug-likeness (QED) is 0.323. The summed E-state index contributed by atoms with van der Waals surface area (Å²) >= 11 is 0. The second-order valence-electron chi connectivity index (χ2n) is 11.1. The number of fused-ring (bicyclic) bond motifs is 3. The fourth-order valence-electron chi connectivity index (χ4n) is 6.71. The molecule has 0 N–H and O–H groups in total. The topological polar surface area (TPSA) is 78.9 Å². The van der Waals surface area contributed by atoms with E-state index < -0.39 is 6.10 Å². The van der Waals surface area contributed by atoms with Crippen molar-refractivity contribution in [2.24, 2.45) is 28.1 Å². The molecule has 0 aromatic carbocycles. The molecule has 0 aliphatic heterocycles. The minimum atomic E-state index is -0.431. The van der Waals surface area contributed by atoms with Gasteiger partial charge in [0.05, 0.1) is 0 Å². The number of rotatable bonds is 6. The summed E-state index contributed by atoms with van der Waals surface area (Å²) in [5.74, 6) is 0.0516. The Balaban J connectivity index is 1.83. The molecule has 0 spiro atoms. The van der Waals surface area contributed by atoms with Crippen molar-refractivity contribution in [2.75, 3.05) is 13.2 Å². The highest BCUT2D eigenvalue weighted by atomic mass is 16.6. The van der Waals surface area contributed by atoms with E-state index in [1.807, 2.05) is 0 Å². The summed E-state index contributed by atoms with van der Waals surface area (Å²) in [4.78, 5) is 34.7. The van der Waals surface area contributed by atoms with Gasteiger partial charge in [-0.05, 0) is 55.8 Å². The van der Waals surface area contributed by atoms with Crippen LogP contribution < -0.4 is 0 Å². The maximum Gasteiger partial charge on any atom is 0.303 e. The van der Waals surface area contributed by atoms with E-state index in [0.717, 1.165) is 38.5 Å². The molecule has 3 rings (SSSR count). The lowest BCUT2D eigenvalue weighted by atomic mass is 9.46. The first-order valence-electron chi connectivity index (χ1n) is 12.0. The maximum absolute atomic E-state index is 11.8. The van der Waals surface area contributed by atoms with Crippen molar-refractivity contribution in [3.63, 3.8) is 0 Å². The zero-order chi connectivity index (χ0) is 23.7. The average Bonchev–Trinajstić information content (AvgIpc) is 2.70. The number of esters is 3. The molecular weight excluding hydrogens is 408 g/mol. The van der Waals surface area contributed by atoms with Crippen molar-refractivity contribution in [1.29, 1.82) is 0 Å². The molecule has 0 unspecified atom stereocenters. The SMILES string of the molecule is CC(=O)OC[C@@H](OC(C)=O)[C@@]1(C)CC[C@@]2(C)[C@@H](CC=C3[C@@H]2CCC[C@@]3(C)COC(C)=O)C1. The summed E-state index contributed by atoms with van der Waals surface area (Å²) < 4.78 is 16.4. The molecule has 0 radical (unpaired) electrons. The van der Waals surface area contributed by atoms with Gasteiger partial charge >= 0.3 is 17.9 Å². The third-order valence-corrected chi connectivity index (χ3v) is 8.71. The number of carbonyl (C=O) groups is 3. The summed E-state index contributed by atoms with van der Waals surface area (Å²) in [5.41, 5.74) is 1.33. The van der Waals surface area contributed by atoms with Gasteiger partial charge in [0.2, 0.25) is 0 Å². The maximum atomic E-state index is 11.8. The van der Waals surface area contributed by atoms with Crippen LogP contribution in [0, 0.1) is 28.1 Å². The molecule has 6 nitrogen and oxygen atoms in total. The van der Waals surface area contributed by atoms with Gasteiger partial charge in [0.25, 0.3) is 0 Å². The molecule has 3 aliphatic rings. The van der Waals surface area contributed by atoms with Crippen LogP contribution in [0.5, 0.6) is 0 Å². The monoisotopic (exact) mass is 448 g/mol. The van der Waals surface area contributed by atoms with Crippen LogP contribution >= 0.6 is 0 Å². The zero-order valence-corrected chi connectivity index (χ0v) is 20.6. The molecule has 0 heterocycles. The molecule has 3 aliphatic carbocycles. The largest absolute Gasteiger partial charge is 0.465 e. The normalized spacial score (nSPS) is 37.2. The minimum absolute atomic E-state index is 0.0844. The molecule has 2 fully saturated rings. The van der Waals surface area contributed by atoms with Crippen LogP contribution in [0.2, 0.25) is 0 Å². The Morgan fingerprint density at radius 3 is 2.31 bits per heavy atom. The van der Waals surface area contributed by atoms with Crippen molar-refractivity contribution < 1.29 is 28.6 Å². The molecule has 0 aromatic rings. The van der Waals surface area contributed by atoms with E-state index in [2.05, 4.69) is 26.8 Å². The Labute approximate surface area is 192 Å². The molecule has 6 atom stereocenters. The van der Waals surface area contributed by atoms with Crippen LogP contribution in [0.4, 0.5) is 0 Å². The van der Waals surface area contributed by atoms with Gasteiger partial charge in [-0.2, -0.15) is 0 Å². The average molecular weight is 449 g/mol. The number of allylic oxidation sites excluding steroid dienone is 1. The van der Waals surface area contributed by atoms with E-state index >= 15 is 0 Å². The summed E-state index contributed by atoms with van der Waals surface area (Å²) in [5, 5.41) is 0. The van der Waals surface area contributed by atoms with Crippen LogP contribution in [-0.2, 0) is 28.6 Å². The molecule has 32 heavy (non-hydrogen) atoms. The van der Waals surface area contributed by atoms with E-state index in [-0.39, 0.29) is 40.8 Å². The molecule has 0 bridgehead atoms. The lowest BCUT2D eigenvalue weighted by Crippen LogP contribution is -2.53. The fraction of sp³-hybridized carbons (Fsp3) is 0.808. The lowest BCUT2D eigenvalue weighted by Gasteiger charge is -2.59. The van der Waals surface area contributed by atoms with E-state index in [0.29, 0.717) is 18.4 Å². The van der Waals surface area contributed by atoms with Gasteiger partial charge in [0.15, 0.2) is 0 Å². The zero-order valence-electron chi connectivity index (χ0n) is 20.6. The fourth-order valence-corrected chi connectivity index (χ4v) is 6.71. The smallest absolute Gasteiger partial charge is 0.303 e. The van der Waals surface area contributed by atoms with Gasteiger partial charge in [-0.3, -0.25) is 14.4 Å². The second-order valence-corrected chi connectivity index (χ2v) is 11.1. The van der Waals surface area contributed by atoms with Crippen LogP contribution in [0.3, 0.4) is 0 Å². The Morgan fingerprint density at radius 2 is 1.69 bits per heavy atom. The first-order chi connectivity index (χ1) is 14.9. The third-order valence-electron chi connectivity index (χ3n) is 8.71. The second kappa shape index (κ2) is 9.18. The predicted octanol–water partition coefficient (Wildman–Crippen LogP) is 4.99. The van der Waals surface area contributed by atoms with Crippen LogP contribution in [0.15, 0.2) is 11.6 Å². The number of carbonyl (C=O) groups excluding carboxylic acids is 3. The van der Waals surface area contributed by atoms with E-state index in [4.69, 9.17) is 14.2 Å². The first kappa shape index (κ1) is 24.8. The molecule has 0 amide bonds. The first-order valence-corrected chi connectivity index (χ1v) is 12.0. The Kier molecular flexibility index (Phi) is 7.11. The van der Waals surface area contributed by atoms with Crippen molar-refractivity contribution >= 4 is 17.9 Å². The molecule has 0 aromatic heterocycles. The highest BCUT2D eigenvalue weighted by molar-refractivity contribution is 5.67. The van der Waals surface area contributed by atoms with Gasteiger partial charge in [-0.1, -0.05) is 38.8 Å². The predicted molar refractivity (Wildman–Crippen MR) is 121 cm³/mol. The Hall–Kier alpha value is -1.85. The molecule has 2 saturated carbocycles. The Morgan fingerprint density at radius 1 is 1.00 bits per heavy atom. The van der Waals surface area contributed by atoms with E-state index in [1.54, 1.807) is 0 Å². The van der Waals surface area contributed by atoms with Crippen LogP contribution in [-0.4, -0.2) is 37.2 Å². The van der Waals surface area contributed by atoms with Crippen LogP contribution in [0.1, 0.15) is 86.5 Å². The molecule has 6 heteroatoms. The number of hydrogen-bond donors (Lipinski definition) is 0. The van der Waals surface area contributed by atoms with Gasteiger partial charge in [0, 0.05) is 31.6 Å². The van der Waals surface area contributed by atoms with Crippen molar-refractivity contribution in [2.45, 2.75) is 92.6 Å². The molecule has 0 saturated heterocycles. The standard InChI is InChI=1S/C26H40O6/c1-17(27)30-15-23(32-19(3)29)24(4)12-13-26(6)20(14-24)9-10-21-22(26)8-7-11-25(21,5)16-31-18(2)28/h10,20,22-23H,7-9,11-16H2,1-6H3/t20-,22-,23+,24-,25-,26-/m0/s1. The summed E-state index contributed by atoms with van der Waals surface area (Å²) in [6.07, 6.45) is 9.22. The van der Waals surface area contributed by atoms with Gasteiger partial charge in [-0.15, -0.1) is 0 Å². The summed E-state index contributed by atoms with van der Waals surface area (Å²) in [7, 11) is 0. The summed E-state index contributed by atoms with van der Waals surface area (Å²) in [6.45, 7) is 11.7. The van der Waals surface area contributed by atoms with Crippen molar-refractivity contribution in [1.82, 2.24) is 0 Å². The molecule has 180 valence electrons. The number of ether oxygens (including phenoxy) is 3. The Bertz CT molecular complexity index is 787. The minimum Gasteiger partial charge on any atom is -0.465 e. The van der Waals surface area contributed by atoms with Crippen molar-refractivity contribution in [3.8, 4) is 0 Å². The van der Waals surface area contributed by atoms with Crippen molar-refractivity contribution in [3.05, 3.63) is 11.6 Å². The van der Waals surface area contributed by atoms with Gasteiger partial charge in [0.1, 0.15) is 19.3 Å². The van der Waals surface area contributed by atoms with E-state index in [1.165, 1.54) is 32.8 Å². The van der Waals surface area contributed by atoms with Gasteiger partial charge < -0.3 is 14.2 Å². The lowest BCUT2D eigenvalue weighted by molar-refractivity contribution is -0.172. The highest BCUT2D eigenvalue weighted by Crippen LogP contribution is 2.63. The van der Waals surface area contributed by atoms with Gasteiger partial charge in [-0.25, -0.2) is 0 Å². The summed E-state index contributed by atoms with van der Waals surface area (Å²) in [6, 6.07) is 0. The molecular formula is C26H40O6. The highest BCUT2D eigenvalue weighted by Gasteiger charge is 2.56. The third kappa shape index (κ3) is 4.89.